The number of methoxy groups -OCH3 is 1. The van der Waals surface area contributed by atoms with Gasteiger partial charge in [0.15, 0.2) is 11.5 Å². The molecule has 0 radical (unpaired) electrons. The highest BCUT2D eigenvalue weighted by Gasteiger charge is 2.67. The number of anilines is 1. The zero-order chi connectivity index (χ0) is 39.2. The van der Waals surface area contributed by atoms with Crippen molar-refractivity contribution in [2.75, 3.05) is 12.0 Å². The van der Waals surface area contributed by atoms with Crippen LogP contribution in [-0.2, 0) is 32.8 Å². The normalized spacial score (nSPS) is 25.9. The second-order valence-corrected chi connectivity index (χ2v) is 16.9. The molecule has 2 aliphatic heterocycles. The number of amides is 4. The summed E-state index contributed by atoms with van der Waals surface area (Å²) in [5.74, 6) is -3.46. The molecule has 2 aliphatic carbocycles. The molecule has 6 atom stereocenters. The summed E-state index contributed by atoms with van der Waals surface area (Å²) in [6.45, 7) is 4.05. The first-order valence-corrected chi connectivity index (χ1v) is 19.9. The van der Waals surface area contributed by atoms with Crippen molar-refractivity contribution in [3.05, 3.63) is 112 Å². The maximum absolute atomic E-state index is 15.1. The van der Waals surface area contributed by atoms with Crippen molar-refractivity contribution in [3.63, 3.8) is 0 Å². The van der Waals surface area contributed by atoms with Crippen molar-refractivity contribution in [1.82, 2.24) is 14.7 Å². The van der Waals surface area contributed by atoms with E-state index in [-0.39, 0.29) is 42.3 Å². The molecule has 5 aromatic rings. The SMILES string of the molecule is COc1cc(C=C[C@H]2C3=CC[C@@H]4C(=O)N(Cc5ccccc5)C(=O)[C@@H]4[C@@H]3C[C@H]3C(=O)N(c4cc(-c5sc6ccc(Cl)cc6c5C)nn4C)C(=O)[C@@]23C)ccc1O. The van der Waals surface area contributed by atoms with E-state index in [1.807, 2.05) is 80.6 Å². The van der Waals surface area contributed by atoms with E-state index in [1.54, 1.807) is 47.3 Å². The summed E-state index contributed by atoms with van der Waals surface area (Å²) in [6.07, 6.45) is 6.46. The molecule has 284 valence electrons. The number of carbonyl (C=O) groups is 4. The third-order valence-corrected chi connectivity index (χ3v) is 14.1. The molecule has 12 heteroatoms. The zero-order valence-electron chi connectivity index (χ0n) is 31.2. The average Bonchev–Trinajstić information content (AvgIpc) is 3.86. The third kappa shape index (κ3) is 5.38. The Kier molecular flexibility index (Phi) is 8.59. The fourth-order valence-electron chi connectivity index (χ4n) is 9.64. The Morgan fingerprint density at radius 1 is 1.00 bits per heavy atom. The molecular formula is C44H39ClN4O6S. The van der Waals surface area contributed by atoms with Crippen LogP contribution >= 0.6 is 22.9 Å². The number of imide groups is 2. The molecule has 0 unspecified atom stereocenters. The molecule has 2 saturated heterocycles. The summed E-state index contributed by atoms with van der Waals surface area (Å²) in [6, 6.07) is 22.0. The van der Waals surface area contributed by atoms with Gasteiger partial charge in [-0.2, -0.15) is 5.10 Å². The molecular weight excluding hydrogens is 748 g/mol. The smallest absolute Gasteiger partial charge is 0.242 e. The second kappa shape index (κ2) is 13.3. The van der Waals surface area contributed by atoms with Crippen molar-refractivity contribution in [2.45, 2.75) is 33.2 Å². The fraction of sp³-hybridized carbons (Fsp3) is 0.295. The number of hydrogen-bond donors (Lipinski definition) is 1. The number of hydrogen-bond acceptors (Lipinski definition) is 8. The standard InChI is InChI=1S/C44H39ClN4O6S/c1-23-29-19-26(45)12-17-36(29)56-39(23)33-21-37(47(3)46-33)49-41(52)32-20-30-27(13-14-28-38(30)42(53)48(40(28)51)22-25-8-6-5-7-9-25)31(44(32,2)43(49)54)15-10-24-11-16-34(50)35(18-24)55-4/h5-13,15-19,21,28,30-32,38,50H,14,20,22H2,1-4H3/t28-,30+,31-,32-,38-,44-/m0/s1. The summed E-state index contributed by atoms with van der Waals surface area (Å²) >= 11 is 7.90. The van der Waals surface area contributed by atoms with Crippen LogP contribution in [0.3, 0.4) is 0 Å². The Labute approximate surface area is 332 Å². The van der Waals surface area contributed by atoms with Crippen LogP contribution in [0.15, 0.2) is 90.5 Å². The van der Waals surface area contributed by atoms with Gasteiger partial charge in [-0.1, -0.05) is 71.8 Å². The van der Waals surface area contributed by atoms with Crippen LogP contribution in [0.1, 0.15) is 36.5 Å². The van der Waals surface area contributed by atoms with Gasteiger partial charge >= 0.3 is 0 Å². The Balaban J connectivity index is 1.12. The molecule has 0 spiro atoms. The predicted octanol–water partition coefficient (Wildman–Crippen LogP) is 7.95. The Morgan fingerprint density at radius 2 is 1.79 bits per heavy atom. The molecule has 2 aromatic heterocycles. The highest BCUT2D eigenvalue weighted by Crippen LogP contribution is 2.61. The van der Waals surface area contributed by atoms with E-state index in [1.165, 1.54) is 16.9 Å². The number of likely N-dealkylation sites (tertiary alicyclic amines) is 1. The average molecular weight is 787 g/mol. The first kappa shape index (κ1) is 36.1. The van der Waals surface area contributed by atoms with Crippen LogP contribution in [0.4, 0.5) is 5.82 Å². The fourth-order valence-corrected chi connectivity index (χ4v) is 11.0. The van der Waals surface area contributed by atoms with Crippen molar-refractivity contribution in [2.24, 2.45) is 42.1 Å². The van der Waals surface area contributed by atoms with Gasteiger partial charge in [0.25, 0.3) is 0 Å². The Morgan fingerprint density at radius 3 is 2.55 bits per heavy atom. The minimum absolute atomic E-state index is 0.00250. The number of allylic oxidation sites excluding steroid dienone is 3. The Hall–Kier alpha value is -5.52. The monoisotopic (exact) mass is 786 g/mol. The van der Waals surface area contributed by atoms with Crippen LogP contribution in [-0.4, -0.2) is 50.5 Å². The lowest BCUT2D eigenvalue weighted by molar-refractivity contribution is -0.141. The molecule has 4 aliphatic rings. The van der Waals surface area contributed by atoms with Gasteiger partial charge in [-0.25, -0.2) is 4.90 Å². The molecule has 4 amide bonds. The van der Waals surface area contributed by atoms with E-state index in [9.17, 15) is 19.5 Å². The van der Waals surface area contributed by atoms with Crippen molar-refractivity contribution in [1.29, 1.82) is 0 Å². The molecule has 3 aromatic carbocycles. The molecule has 1 N–H and O–H groups in total. The highest BCUT2D eigenvalue weighted by atomic mass is 35.5. The van der Waals surface area contributed by atoms with Gasteiger partial charge in [0.05, 0.1) is 41.7 Å². The van der Waals surface area contributed by atoms with E-state index < -0.39 is 35.0 Å². The number of phenolic OH excluding ortho intramolecular Hbond substituents is 1. The summed E-state index contributed by atoms with van der Waals surface area (Å²) in [7, 11) is 3.21. The predicted molar refractivity (Wildman–Crippen MR) is 215 cm³/mol. The third-order valence-electron chi connectivity index (χ3n) is 12.5. The summed E-state index contributed by atoms with van der Waals surface area (Å²) in [4.78, 5) is 61.7. The topological polar surface area (TPSA) is 122 Å². The first-order valence-electron chi connectivity index (χ1n) is 18.7. The van der Waals surface area contributed by atoms with Gasteiger partial charge in [-0.15, -0.1) is 11.3 Å². The molecule has 4 heterocycles. The lowest BCUT2D eigenvalue weighted by atomic mass is 9.52. The van der Waals surface area contributed by atoms with Gasteiger partial charge in [0.1, 0.15) is 11.5 Å². The van der Waals surface area contributed by atoms with E-state index in [0.717, 1.165) is 37.2 Å². The number of halogens is 1. The van der Waals surface area contributed by atoms with Crippen molar-refractivity contribution < 1.29 is 29.0 Å². The summed E-state index contributed by atoms with van der Waals surface area (Å²) in [5, 5.41) is 16.7. The lowest BCUT2D eigenvalue weighted by Crippen LogP contribution is -2.49. The minimum Gasteiger partial charge on any atom is -0.504 e. The maximum Gasteiger partial charge on any atom is 0.242 e. The van der Waals surface area contributed by atoms with E-state index in [4.69, 9.17) is 21.4 Å². The molecule has 0 bridgehead atoms. The number of phenols is 1. The molecule has 1 saturated carbocycles. The number of ether oxygens (including phenoxy) is 1. The van der Waals surface area contributed by atoms with Crippen LogP contribution in [0.5, 0.6) is 11.5 Å². The number of aromatic nitrogens is 2. The van der Waals surface area contributed by atoms with Crippen molar-refractivity contribution >= 4 is 68.5 Å². The maximum atomic E-state index is 15.1. The van der Waals surface area contributed by atoms with Gasteiger partial charge in [0.2, 0.25) is 23.6 Å². The first-order chi connectivity index (χ1) is 26.9. The van der Waals surface area contributed by atoms with Crippen molar-refractivity contribution in [3.8, 4) is 22.1 Å². The molecule has 56 heavy (non-hydrogen) atoms. The number of rotatable bonds is 7. The number of thiophene rings is 1. The van der Waals surface area contributed by atoms with E-state index in [0.29, 0.717) is 28.7 Å². The van der Waals surface area contributed by atoms with E-state index in [2.05, 4.69) is 0 Å². The van der Waals surface area contributed by atoms with Gasteiger partial charge in [-0.3, -0.25) is 28.8 Å². The van der Waals surface area contributed by atoms with Gasteiger partial charge < -0.3 is 9.84 Å². The molecule has 10 nitrogen and oxygen atoms in total. The number of aryl methyl sites for hydroxylation is 2. The van der Waals surface area contributed by atoms with Gasteiger partial charge in [0, 0.05) is 28.8 Å². The van der Waals surface area contributed by atoms with Crippen LogP contribution in [0.25, 0.3) is 26.7 Å². The number of aromatic hydroxyl groups is 1. The molecule has 9 rings (SSSR count). The number of carbonyl (C=O) groups excluding carboxylic acids is 4. The Bertz CT molecular complexity index is 2560. The molecule has 3 fully saturated rings. The minimum atomic E-state index is -1.21. The second-order valence-electron chi connectivity index (χ2n) is 15.5. The number of fused-ring (bicyclic) bond motifs is 5. The summed E-state index contributed by atoms with van der Waals surface area (Å²) < 4.78 is 7.99. The number of benzene rings is 3. The highest BCUT2D eigenvalue weighted by molar-refractivity contribution is 7.22. The van der Waals surface area contributed by atoms with Crippen LogP contribution in [0, 0.1) is 41.9 Å². The van der Waals surface area contributed by atoms with Crippen LogP contribution in [0.2, 0.25) is 5.02 Å². The van der Waals surface area contributed by atoms with Gasteiger partial charge in [-0.05, 0) is 85.0 Å². The van der Waals surface area contributed by atoms with Crippen LogP contribution < -0.4 is 9.64 Å². The largest absolute Gasteiger partial charge is 0.504 e. The van der Waals surface area contributed by atoms with E-state index >= 15 is 4.79 Å². The lowest BCUT2D eigenvalue weighted by Gasteiger charge is -2.47. The summed E-state index contributed by atoms with van der Waals surface area (Å²) in [5.41, 5.74) is 2.91. The zero-order valence-corrected chi connectivity index (χ0v) is 32.8. The number of nitrogens with zero attached hydrogens (tertiary/aromatic N) is 4. The quantitative estimate of drug-likeness (QED) is 0.131.